The molecule has 0 spiro atoms. The average molecular weight is 483 g/mol. The smallest absolute Gasteiger partial charge is 0.190 e. The molecule has 0 aromatic carbocycles. The van der Waals surface area contributed by atoms with E-state index >= 15 is 0 Å². The SMILES string of the molecule is CN=C(NCCCc1nnc2n1CCCCC2)NCCc1ccccn1.I. The third-order valence-electron chi connectivity index (χ3n) is 4.68. The Labute approximate surface area is 178 Å². The van der Waals surface area contributed by atoms with Crippen molar-refractivity contribution in [1.29, 1.82) is 0 Å². The lowest BCUT2D eigenvalue weighted by molar-refractivity contribution is 0.594. The van der Waals surface area contributed by atoms with Gasteiger partial charge in [0, 0.05) is 57.8 Å². The van der Waals surface area contributed by atoms with Gasteiger partial charge in [-0.25, -0.2) is 0 Å². The van der Waals surface area contributed by atoms with Crippen LogP contribution in [0.2, 0.25) is 0 Å². The molecule has 1 aliphatic rings. The van der Waals surface area contributed by atoms with Crippen LogP contribution in [0, 0.1) is 0 Å². The van der Waals surface area contributed by atoms with E-state index in [1.165, 1.54) is 19.3 Å². The average Bonchev–Trinajstić information content (AvgIpc) is 2.90. The van der Waals surface area contributed by atoms with E-state index in [2.05, 4.69) is 35.4 Å². The lowest BCUT2D eigenvalue weighted by atomic mass is 10.2. The van der Waals surface area contributed by atoms with Crippen molar-refractivity contribution in [2.75, 3.05) is 20.1 Å². The Hall–Kier alpha value is -1.71. The molecule has 0 fully saturated rings. The minimum Gasteiger partial charge on any atom is -0.356 e. The number of hydrogen-bond acceptors (Lipinski definition) is 4. The van der Waals surface area contributed by atoms with Gasteiger partial charge in [0.1, 0.15) is 11.6 Å². The summed E-state index contributed by atoms with van der Waals surface area (Å²) in [5.74, 6) is 3.13. The summed E-state index contributed by atoms with van der Waals surface area (Å²) in [6.07, 6.45) is 9.51. The molecule has 0 saturated heterocycles. The first-order valence-corrected chi connectivity index (χ1v) is 9.62. The third kappa shape index (κ3) is 6.75. The Balaban J connectivity index is 0.00000261. The molecule has 8 heteroatoms. The highest BCUT2D eigenvalue weighted by molar-refractivity contribution is 14.0. The number of hydrogen-bond donors (Lipinski definition) is 2. The van der Waals surface area contributed by atoms with Crippen molar-refractivity contribution >= 4 is 29.9 Å². The fourth-order valence-corrected chi connectivity index (χ4v) is 3.26. The van der Waals surface area contributed by atoms with Crippen molar-refractivity contribution in [3.63, 3.8) is 0 Å². The third-order valence-corrected chi connectivity index (χ3v) is 4.68. The van der Waals surface area contributed by atoms with Gasteiger partial charge in [-0.15, -0.1) is 34.2 Å². The summed E-state index contributed by atoms with van der Waals surface area (Å²) in [7, 11) is 1.80. The molecule has 2 aromatic heterocycles. The number of aromatic nitrogens is 4. The van der Waals surface area contributed by atoms with Crippen LogP contribution in [0.3, 0.4) is 0 Å². The van der Waals surface area contributed by atoms with Gasteiger partial charge in [0.25, 0.3) is 0 Å². The molecule has 0 saturated carbocycles. The Bertz CT molecular complexity index is 699. The van der Waals surface area contributed by atoms with Crippen LogP contribution in [0.5, 0.6) is 0 Å². The summed E-state index contributed by atoms with van der Waals surface area (Å²) < 4.78 is 2.33. The summed E-state index contributed by atoms with van der Waals surface area (Å²) in [6, 6.07) is 5.99. The van der Waals surface area contributed by atoms with Gasteiger partial charge in [-0.1, -0.05) is 12.5 Å². The van der Waals surface area contributed by atoms with Gasteiger partial charge in [-0.3, -0.25) is 9.98 Å². The highest BCUT2D eigenvalue weighted by Crippen LogP contribution is 2.15. The molecule has 0 aliphatic carbocycles. The van der Waals surface area contributed by atoms with Crippen molar-refractivity contribution in [2.45, 2.75) is 51.5 Å². The zero-order chi connectivity index (χ0) is 18.0. The predicted octanol–water partition coefficient (Wildman–Crippen LogP) is 2.36. The van der Waals surface area contributed by atoms with E-state index in [1.807, 2.05) is 24.4 Å². The number of pyridine rings is 1. The van der Waals surface area contributed by atoms with E-state index < -0.39 is 0 Å². The number of aliphatic imine (C=N–C) groups is 1. The van der Waals surface area contributed by atoms with E-state index in [1.54, 1.807) is 7.05 Å². The number of fused-ring (bicyclic) bond motifs is 1. The molecule has 2 N–H and O–H groups in total. The Kier molecular flexibility index (Phi) is 9.51. The molecule has 0 radical (unpaired) electrons. The van der Waals surface area contributed by atoms with Crippen molar-refractivity contribution in [3.8, 4) is 0 Å². The molecule has 7 nitrogen and oxygen atoms in total. The molecule has 1 aliphatic heterocycles. The Morgan fingerprint density at radius 2 is 2.00 bits per heavy atom. The Morgan fingerprint density at radius 1 is 1.11 bits per heavy atom. The molecular weight excluding hydrogens is 453 g/mol. The number of nitrogens with zero attached hydrogens (tertiary/aromatic N) is 5. The number of guanidine groups is 1. The second-order valence-electron chi connectivity index (χ2n) is 6.60. The zero-order valence-electron chi connectivity index (χ0n) is 16.0. The van der Waals surface area contributed by atoms with Gasteiger partial charge < -0.3 is 15.2 Å². The van der Waals surface area contributed by atoms with Crippen LogP contribution in [0.15, 0.2) is 29.4 Å². The number of aryl methyl sites for hydroxylation is 2. The van der Waals surface area contributed by atoms with Crippen molar-refractivity contribution < 1.29 is 0 Å². The van der Waals surface area contributed by atoms with Gasteiger partial charge in [0.15, 0.2) is 5.96 Å². The first kappa shape index (κ1) is 21.6. The molecule has 148 valence electrons. The summed E-state index contributed by atoms with van der Waals surface area (Å²) in [5, 5.41) is 15.5. The standard InChI is InChI=1S/C19H29N7.HI/c1-20-19(23-14-11-16-8-4-5-12-21-16)22-13-7-10-18-25-24-17-9-3-2-6-15-26(17)18;/h4-5,8,12H,2-3,6-7,9-11,13-15H2,1H3,(H2,20,22,23);1H. The molecule has 2 aromatic rings. The van der Waals surface area contributed by atoms with Crippen molar-refractivity contribution in [2.24, 2.45) is 4.99 Å². The Morgan fingerprint density at radius 3 is 2.81 bits per heavy atom. The molecular formula is C19H30IN7. The summed E-state index contributed by atoms with van der Waals surface area (Å²) >= 11 is 0. The number of nitrogens with one attached hydrogen (secondary N) is 2. The van der Waals surface area contributed by atoms with Crippen LogP contribution >= 0.6 is 24.0 Å². The highest BCUT2D eigenvalue weighted by atomic mass is 127. The first-order chi connectivity index (χ1) is 12.9. The molecule has 0 atom stereocenters. The van der Waals surface area contributed by atoms with E-state index in [4.69, 9.17) is 0 Å². The van der Waals surface area contributed by atoms with Crippen molar-refractivity contribution in [1.82, 2.24) is 30.4 Å². The maximum Gasteiger partial charge on any atom is 0.190 e. The predicted molar refractivity (Wildman–Crippen MR) is 119 cm³/mol. The lowest BCUT2D eigenvalue weighted by Gasteiger charge is -2.12. The molecule has 0 unspecified atom stereocenters. The zero-order valence-corrected chi connectivity index (χ0v) is 18.4. The van der Waals surface area contributed by atoms with E-state index in [9.17, 15) is 0 Å². The summed E-state index contributed by atoms with van der Waals surface area (Å²) in [4.78, 5) is 8.61. The molecule has 0 bridgehead atoms. The van der Waals surface area contributed by atoms with E-state index in [0.717, 1.165) is 68.6 Å². The second kappa shape index (κ2) is 11.9. The van der Waals surface area contributed by atoms with Crippen LogP contribution in [0.1, 0.15) is 43.0 Å². The fraction of sp³-hybridized carbons (Fsp3) is 0.579. The quantitative estimate of drug-likeness (QED) is 0.274. The maximum absolute atomic E-state index is 4.39. The van der Waals surface area contributed by atoms with Crippen LogP contribution in [0.4, 0.5) is 0 Å². The van der Waals surface area contributed by atoms with Gasteiger partial charge in [-0.05, 0) is 31.4 Å². The number of rotatable bonds is 7. The monoisotopic (exact) mass is 483 g/mol. The molecule has 0 amide bonds. The fourth-order valence-electron chi connectivity index (χ4n) is 3.26. The summed E-state index contributed by atoms with van der Waals surface area (Å²) in [5.41, 5.74) is 1.09. The van der Waals surface area contributed by atoms with Crippen molar-refractivity contribution in [3.05, 3.63) is 41.7 Å². The lowest BCUT2D eigenvalue weighted by Crippen LogP contribution is -2.38. The van der Waals surface area contributed by atoms with E-state index in [0.29, 0.717) is 0 Å². The van der Waals surface area contributed by atoms with Crippen LogP contribution < -0.4 is 10.6 Å². The minimum absolute atomic E-state index is 0. The minimum atomic E-state index is 0. The number of halogens is 1. The first-order valence-electron chi connectivity index (χ1n) is 9.62. The van der Waals surface area contributed by atoms with E-state index in [-0.39, 0.29) is 24.0 Å². The van der Waals surface area contributed by atoms with Crippen LogP contribution in [0.25, 0.3) is 0 Å². The van der Waals surface area contributed by atoms with Crippen LogP contribution in [-0.4, -0.2) is 45.8 Å². The van der Waals surface area contributed by atoms with Crippen LogP contribution in [-0.2, 0) is 25.8 Å². The highest BCUT2D eigenvalue weighted by Gasteiger charge is 2.14. The molecule has 3 heterocycles. The maximum atomic E-state index is 4.39. The topological polar surface area (TPSA) is 80.0 Å². The largest absolute Gasteiger partial charge is 0.356 e. The second-order valence-corrected chi connectivity index (χ2v) is 6.60. The van der Waals surface area contributed by atoms with Gasteiger partial charge in [0.2, 0.25) is 0 Å². The normalized spacial score (nSPS) is 14.0. The van der Waals surface area contributed by atoms with Gasteiger partial charge in [-0.2, -0.15) is 0 Å². The summed E-state index contributed by atoms with van der Waals surface area (Å²) in [6.45, 7) is 2.75. The van der Waals surface area contributed by atoms with Gasteiger partial charge >= 0.3 is 0 Å². The van der Waals surface area contributed by atoms with Gasteiger partial charge in [0.05, 0.1) is 0 Å². The molecule has 3 rings (SSSR count). The molecule has 27 heavy (non-hydrogen) atoms.